The monoisotopic (exact) mass is 536 g/mol. The number of cyclic esters (lactones) is 1. The van der Waals surface area contributed by atoms with E-state index in [1.165, 1.54) is 0 Å². The third-order valence-corrected chi connectivity index (χ3v) is 6.54. The molecule has 1 aliphatic rings. The number of allylic oxidation sites excluding steroid dienone is 2. The summed E-state index contributed by atoms with van der Waals surface area (Å²) in [5, 5.41) is 12.5. The van der Waals surface area contributed by atoms with E-state index in [0.29, 0.717) is 26.0 Å². The Labute approximate surface area is 231 Å². The molecular weight excluding hydrogens is 496 g/mol. The summed E-state index contributed by atoms with van der Waals surface area (Å²) in [6.07, 6.45) is 7.03. The molecule has 2 N–H and O–H groups in total. The maximum Gasteiger partial charge on any atom is 0.305 e. The molecule has 8 nitrogen and oxygen atoms in total. The molecule has 1 heterocycles. The number of carbonyl (C=O) groups is 3. The van der Waals surface area contributed by atoms with Gasteiger partial charge in [-0.05, 0) is 36.8 Å². The summed E-state index contributed by atoms with van der Waals surface area (Å²) < 4.78 is 11.3. The second-order valence-electron chi connectivity index (χ2n) is 9.77. The Morgan fingerprint density at radius 2 is 1.72 bits per heavy atom. The fourth-order valence-corrected chi connectivity index (χ4v) is 4.36. The van der Waals surface area contributed by atoms with Crippen LogP contribution in [-0.2, 0) is 37.0 Å². The first-order valence-corrected chi connectivity index (χ1v) is 13.7. The van der Waals surface area contributed by atoms with Gasteiger partial charge in [-0.15, -0.1) is 0 Å². The minimum atomic E-state index is -0.610. The van der Waals surface area contributed by atoms with Gasteiger partial charge in [0, 0.05) is 25.9 Å². The van der Waals surface area contributed by atoms with Crippen molar-refractivity contribution in [3.63, 3.8) is 0 Å². The number of hydrogen-bond donors (Lipinski definition) is 2. The summed E-state index contributed by atoms with van der Waals surface area (Å²) in [4.78, 5) is 40.5. The van der Waals surface area contributed by atoms with E-state index in [0.717, 1.165) is 30.4 Å². The highest BCUT2D eigenvalue weighted by molar-refractivity contribution is 5.86. The molecule has 0 saturated heterocycles. The van der Waals surface area contributed by atoms with Gasteiger partial charge in [-0.2, -0.15) is 0 Å². The van der Waals surface area contributed by atoms with E-state index in [9.17, 15) is 19.5 Å². The average Bonchev–Trinajstić information content (AvgIpc) is 2.95. The van der Waals surface area contributed by atoms with E-state index in [2.05, 4.69) is 5.32 Å². The molecule has 0 fully saturated rings. The lowest BCUT2D eigenvalue weighted by Crippen LogP contribution is -2.46. The quantitative estimate of drug-likeness (QED) is 0.354. The van der Waals surface area contributed by atoms with Gasteiger partial charge in [0.05, 0.1) is 31.8 Å². The lowest BCUT2D eigenvalue weighted by Gasteiger charge is -2.26. The van der Waals surface area contributed by atoms with Crippen molar-refractivity contribution in [3.05, 3.63) is 83.9 Å². The minimum Gasteiger partial charge on any atom is -0.463 e. The van der Waals surface area contributed by atoms with Gasteiger partial charge in [0.15, 0.2) is 0 Å². The summed E-state index contributed by atoms with van der Waals surface area (Å²) in [6.45, 7) is 0.901. The first kappa shape index (κ1) is 30.1. The van der Waals surface area contributed by atoms with Crippen molar-refractivity contribution in [3.8, 4) is 0 Å². The number of rotatable bonds is 10. The largest absolute Gasteiger partial charge is 0.463 e. The second kappa shape index (κ2) is 17.2. The minimum absolute atomic E-state index is 0.000384. The van der Waals surface area contributed by atoms with E-state index in [-0.39, 0.29) is 50.6 Å². The highest BCUT2D eigenvalue weighted by Crippen LogP contribution is 2.16. The van der Waals surface area contributed by atoms with Crippen LogP contribution in [0.25, 0.3) is 0 Å². The molecule has 0 aromatic heterocycles. The maximum absolute atomic E-state index is 13.4. The van der Waals surface area contributed by atoms with Crippen LogP contribution < -0.4 is 5.32 Å². The smallest absolute Gasteiger partial charge is 0.305 e. The Balaban J connectivity index is 1.69. The lowest BCUT2D eigenvalue weighted by molar-refractivity contribution is -0.146. The number of nitrogens with one attached hydrogen (secondary N) is 1. The molecule has 2 aromatic rings. The van der Waals surface area contributed by atoms with Gasteiger partial charge in [0.2, 0.25) is 11.8 Å². The van der Waals surface area contributed by atoms with Crippen molar-refractivity contribution in [2.24, 2.45) is 5.92 Å². The highest BCUT2D eigenvalue weighted by atomic mass is 16.5. The molecule has 0 unspecified atom stereocenters. The number of hydrogen-bond acceptors (Lipinski definition) is 6. The molecule has 2 aromatic carbocycles. The van der Waals surface area contributed by atoms with Gasteiger partial charge in [-0.1, -0.05) is 72.8 Å². The van der Waals surface area contributed by atoms with E-state index in [1.54, 1.807) is 4.90 Å². The van der Waals surface area contributed by atoms with Gasteiger partial charge in [0.1, 0.15) is 6.61 Å². The third kappa shape index (κ3) is 11.4. The summed E-state index contributed by atoms with van der Waals surface area (Å²) in [5.74, 6) is -1.41. The predicted molar refractivity (Wildman–Crippen MR) is 148 cm³/mol. The van der Waals surface area contributed by atoms with Crippen molar-refractivity contribution < 1.29 is 29.0 Å². The second-order valence-corrected chi connectivity index (χ2v) is 9.77. The SMILES string of the molecule is O=C1CCCCC=CC[C@H](CC(=O)N(CCO)Cc2ccccc2)C(=O)N[C@@H](COCc2ccccc2)CO1. The number of carbonyl (C=O) groups excluding carboxylic acids is 3. The summed E-state index contributed by atoms with van der Waals surface area (Å²) in [7, 11) is 0. The van der Waals surface area contributed by atoms with E-state index in [4.69, 9.17) is 9.47 Å². The van der Waals surface area contributed by atoms with Crippen molar-refractivity contribution in [2.75, 3.05) is 26.4 Å². The van der Waals surface area contributed by atoms with Gasteiger partial charge in [-0.3, -0.25) is 14.4 Å². The molecule has 0 radical (unpaired) electrons. The number of amides is 2. The molecule has 0 spiro atoms. The number of nitrogens with zero attached hydrogens (tertiary/aromatic N) is 1. The van der Waals surface area contributed by atoms with Crippen LogP contribution in [0.5, 0.6) is 0 Å². The molecule has 3 rings (SSSR count). The standard InChI is InChI=1S/C31H40N2O6/c34-19-18-33(21-25-12-6-4-7-13-25)29(35)20-27-16-10-2-1-3-11-17-30(36)39-24-28(32-31(27)37)23-38-22-26-14-8-5-9-15-26/h2,4-10,12-15,27-28,34H,1,3,11,16-24H2,(H,32,37)/t27-,28+/m1/s1. The van der Waals surface area contributed by atoms with Crippen LogP contribution in [-0.4, -0.2) is 60.2 Å². The van der Waals surface area contributed by atoms with Crippen LogP contribution in [0.4, 0.5) is 0 Å². The molecule has 2 atom stereocenters. The average molecular weight is 537 g/mol. The fourth-order valence-electron chi connectivity index (χ4n) is 4.36. The van der Waals surface area contributed by atoms with E-state index < -0.39 is 12.0 Å². The molecule has 2 amide bonds. The van der Waals surface area contributed by atoms with Gasteiger partial charge >= 0.3 is 5.97 Å². The summed E-state index contributed by atoms with van der Waals surface area (Å²) in [5.41, 5.74) is 1.95. The summed E-state index contributed by atoms with van der Waals surface area (Å²) in [6, 6.07) is 18.7. The number of aliphatic hydroxyl groups is 1. The zero-order valence-corrected chi connectivity index (χ0v) is 22.5. The molecule has 1 aliphatic heterocycles. The fraction of sp³-hybridized carbons (Fsp3) is 0.452. The predicted octanol–water partition coefficient (Wildman–Crippen LogP) is 3.78. The van der Waals surface area contributed by atoms with Crippen LogP contribution in [0.15, 0.2) is 72.8 Å². The van der Waals surface area contributed by atoms with Crippen molar-refractivity contribution >= 4 is 17.8 Å². The van der Waals surface area contributed by atoms with Gasteiger partial charge < -0.3 is 24.8 Å². The van der Waals surface area contributed by atoms with Crippen LogP contribution in [0.2, 0.25) is 0 Å². The first-order valence-electron chi connectivity index (χ1n) is 13.7. The number of aliphatic hydroxyl groups excluding tert-OH is 1. The van der Waals surface area contributed by atoms with Crippen molar-refractivity contribution in [2.45, 2.75) is 57.7 Å². The zero-order chi connectivity index (χ0) is 27.7. The molecular formula is C31H40N2O6. The Morgan fingerprint density at radius 3 is 2.44 bits per heavy atom. The normalized spacial score (nSPS) is 19.0. The molecule has 0 bridgehead atoms. The Morgan fingerprint density at radius 1 is 1.00 bits per heavy atom. The molecule has 210 valence electrons. The zero-order valence-electron chi connectivity index (χ0n) is 22.5. The van der Waals surface area contributed by atoms with Gasteiger partial charge in [-0.25, -0.2) is 0 Å². The number of esters is 1. The van der Waals surface area contributed by atoms with Crippen LogP contribution in [0.3, 0.4) is 0 Å². The lowest BCUT2D eigenvalue weighted by atomic mass is 9.98. The van der Waals surface area contributed by atoms with Crippen LogP contribution in [0.1, 0.15) is 49.7 Å². The Bertz CT molecular complexity index is 1040. The summed E-state index contributed by atoms with van der Waals surface area (Å²) >= 11 is 0. The first-order chi connectivity index (χ1) is 19.0. The topological polar surface area (TPSA) is 105 Å². The number of benzene rings is 2. The molecule has 8 heteroatoms. The Kier molecular flexibility index (Phi) is 13.2. The number of ether oxygens (including phenoxy) is 2. The van der Waals surface area contributed by atoms with E-state index >= 15 is 0 Å². The van der Waals surface area contributed by atoms with Crippen molar-refractivity contribution in [1.82, 2.24) is 10.2 Å². The third-order valence-electron chi connectivity index (χ3n) is 6.54. The molecule has 0 saturated carbocycles. The maximum atomic E-state index is 13.4. The molecule has 0 aliphatic carbocycles. The molecule has 39 heavy (non-hydrogen) atoms. The van der Waals surface area contributed by atoms with Crippen LogP contribution >= 0.6 is 0 Å². The van der Waals surface area contributed by atoms with Gasteiger partial charge in [0.25, 0.3) is 0 Å². The van der Waals surface area contributed by atoms with Crippen molar-refractivity contribution in [1.29, 1.82) is 0 Å². The van der Waals surface area contributed by atoms with E-state index in [1.807, 2.05) is 72.8 Å². The highest BCUT2D eigenvalue weighted by Gasteiger charge is 2.27. The Hall–Kier alpha value is -3.49. The van der Waals surface area contributed by atoms with Crippen LogP contribution in [0, 0.1) is 5.92 Å².